The van der Waals surface area contributed by atoms with E-state index in [1.54, 1.807) is 18.3 Å². The Kier molecular flexibility index (Phi) is 3.85. The molecule has 0 aliphatic rings. The quantitative estimate of drug-likeness (QED) is 0.840. The Bertz CT molecular complexity index is 578. The van der Waals surface area contributed by atoms with E-state index < -0.39 is 0 Å². The van der Waals surface area contributed by atoms with Gasteiger partial charge in [0.2, 0.25) is 0 Å². The van der Waals surface area contributed by atoms with Crippen LogP contribution < -0.4 is 0 Å². The lowest BCUT2D eigenvalue weighted by molar-refractivity contribution is 1.04. The minimum absolute atomic E-state index is 0.295. The molecule has 0 aliphatic heterocycles. The molecule has 2 aromatic rings. The van der Waals surface area contributed by atoms with Crippen LogP contribution in [0.2, 0.25) is 10.0 Å². The SMILES string of the molecule is N#Cc1cnc(Sc2ccc(Cl)c(Cl)c2)cn1. The normalized spacial score (nSPS) is 9.94. The van der Waals surface area contributed by atoms with Crippen molar-refractivity contribution in [2.45, 2.75) is 9.92 Å². The van der Waals surface area contributed by atoms with E-state index in [1.807, 2.05) is 12.1 Å². The van der Waals surface area contributed by atoms with Crippen LogP contribution in [0.4, 0.5) is 0 Å². The van der Waals surface area contributed by atoms with Gasteiger partial charge >= 0.3 is 0 Å². The number of hydrogen-bond donors (Lipinski definition) is 0. The van der Waals surface area contributed by atoms with Crippen molar-refractivity contribution in [1.82, 2.24) is 9.97 Å². The summed E-state index contributed by atoms with van der Waals surface area (Å²) in [6.07, 6.45) is 2.98. The second-order valence-electron chi connectivity index (χ2n) is 3.03. The lowest BCUT2D eigenvalue weighted by atomic mass is 10.4. The van der Waals surface area contributed by atoms with E-state index in [9.17, 15) is 0 Å². The van der Waals surface area contributed by atoms with Crippen molar-refractivity contribution in [2.75, 3.05) is 0 Å². The van der Waals surface area contributed by atoms with Crippen LogP contribution in [0.15, 0.2) is 40.5 Å². The number of aromatic nitrogens is 2. The first-order chi connectivity index (χ1) is 8.19. The first-order valence-electron chi connectivity index (χ1n) is 4.54. The van der Waals surface area contributed by atoms with E-state index in [-0.39, 0.29) is 0 Å². The van der Waals surface area contributed by atoms with Gasteiger partial charge in [0.25, 0.3) is 0 Å². The average Bonchev–Trinajstić information content (AvgIpc) is 2.35. The van der Waals surface area contributed by atoms with Crippen LogP contribution in [0.3, 0.4) is 0 Å². The van der Waals surface area contributed by atoms with Crippen molar-refractivity contribution in [2.24, 2.45) is 0 Å². The Balaban J connectivity index is 2.20. The van der Waals surface area contributed by atoms with Crippen molar-refractivity contribution in [1.29, 1.82) is 5.26 Å². The fourth-order valence-corrected chi connectivity index (χ4v) is 2.22. The van der Waals surface area contributed by atoms with Gasteiger partial charge < -0.3 is 0 Å². The Morgan fingerprint density at radius 3 is 2.53 bits per heavy atom. The van der Waals surface area contributed by atoms with E-state index in [4.69, 9.17) is 28.5 Å². The molecule has 0 aliphatic carbocycles. The van der Waals surface area contributed by atoms with Gasteiger partial charge in [-0.2, -0.15) is 5.26 Å². The van der Waals surface area contributed by atoms with Crippen molar-refractivity contribution in [3.05, 3.63) is 46.3 Å². The molecule has 0 radical (unpaired) electrons. The highest BCUT2D eigenvalue weighted by atomic mass is 35.5. The van der Waals surface area contributed by atoms with Crippen LogP contribution >= 0.6 is 35.0 Å². The molecule has 1 heterocycles. The van der Waals surface area contributed by atoms with E-state index in [2.05, 4.69) is 9.97 Å². The van der Waals surface area contributed by atoms with Gasteiger partial charge in [-0.3, -0.25) is 0 Å². The first kappa shape index (κ1) is 12.2. The number of halogens is 2. The molecule has 17 heavy (non-hydrogen) atoms. The minimum atomic E-state index is 0.295. The van der Waals surface area contributed by atoms with Crippen molar-refractivity contribution in [3.63, 3.8) is 0 Å². The third-order valence-corrected chi connectivity index (χ3v) is 3.50. The Morgan fingerprint density at radius 2 is 1.94 bits per heavy atom. The second-order valence-corrected chi connectivity index (χ2v) is 4.94. The molecule has 2 rings (SSSR count). The third-order valence-electron chi connectivity index (χ3n) is 1.86. The first-order valence-corrected chi connectivity index (χ1v) is 6.11. The molecule has 0 amide bonds. The largest absolute Gasteiger partial charge is 0.245 e. The number of benzene rings is 1. The zero-order valence-electron chi connectivity index (χ0n) is 8.39. The molecule has 0 saturated carbocycles. The molecule has 0 unspecified atom stereocenters. The molecule has 1 aromatic heterocycles. The number of rotatable bonds is 2. The van der Waals surface area contributed by atoms with Crippen molar-refractivity contribution in [3.8, 4) is 6.07 Å². The van der Waals surface area contributed by atoms with E-state index in [1.165, 1.54) is 18.0 Å². The van der Waals surface area contributed by atoms with Gasteiger partial charge in [-0.1, -0.05) is 35.0 Å². The van der Waals surface area contributed by atoms with E-state index in [0.29, 0.717) is 20.8 Å². The summed E-state index contributed by atoms with van der Waals surface area (Å²) in [7, 11) is 0. The second kappa shape index (κ2) is 5.37. The van der Waals surface area contributed by atoms with Crippen LogP contribution in [0, 0.1) is 11.3 Å². The minimum Gasteiger partial charge on any atom is -0.245 e. The molecule has 0 N–H and O–H groups in total. The molecule has 0 fully saturated rings. The van der Waals surface area contributed by atoms with E-state index in [0.717, 1.165) is 4.90 Å². The summed E-state index contributed by atoms with van der Waals surface area (Å²) in [4.78, 5) is 8.94. The van der Waals surface area contributed by atoms with Crippen LogP contribution in [0.25, 0.3) is 0 Å². The summed E-state index contributed by atoms with van der Waals surface area (Å²) < 4.78 is 0. The lowest BCUT2D eigenvalue weighted by Gasteiger charge is -2.02. The molecular formula is C11H5Cl2N3S. The third kappa shape index (κ3) is 3.10. The summed E-state index contributed by atoms with van der Waals surface area (Å²) in [6, 6.07) is 7.24. The number of nitrogens with zero attached hydrogens (tertiary/aromatic N) is 3. The highest BCUT2D eigenvalue weighted by Crippen LogP contribution is 2.31. The zero-order chi connectivity index (χ0) is 12.3. The summed E-state index contributed by atoms with van der Waals surface area (Å²) in [5.74, 6) is 0. The molecule has 1 aromatic carbocycles. The van der Waals surface area contributed by atoms with Gasteiger partial charge in [0.05, 0.1) is 22.4 Å². The standard InChI is InChI=1S/C11H5Cl2N3S/c12-9-2-1-8(3-10(9)13)17-11-6-15-7(4-14)5-16-11/h1-3,5-6H. The van der Waals surface area contributed by atoms with Gasteiger partial charge in [0, 0.05) is 4.90 Å². The smallest absolute Gasteiger partial charge is 0.158 e. The Labute approximate surface area is 112 Å². The van der Waals surface area contributed by atoms with Gasteiger partial charge in [-0.15, -0.1) is 0 Å². The molecule has 3 nitrogen and oxygen atoms in total. The maximum absolute atomic E-state index is 8.59. The number of nitriles is 1. The Hall–Kier alpha value is -1.28. The predicted molar refractivity (Wildman–Crippen MR) is 67.3 cm³/mol. The molecule has 6 heteroatoms. The average molecular weight is 282 g/mol. The molecule has 0 spiro atoms. The predicted octanol–water partition coefficient (Wildman–Crippen LogP) is 3.81. The van der Waals surface area contributed by atoms with Gasteiger partial charge in [0.15, 0.2) is 5.69 Å². The highest BCUT2D eigenvalue weighted by molar-refractivity contribution is 7.99. The maximum Gasteiger partial charge on any atom is 0.158 e. The van der Waals surface area contributed by atoms with Crippen molar-refractivity contribution >= 4 is 35.0 Å². The van der Waals surface area contributed by atoms with Gasteiger partial charge in [0.1, 0.15) is 11.1 Å². The van der Waals surface area contributed by atoms with Gasteiger partial charge in [-0.05, 0) is 18.2 Å². The summed E-state index contributed by atoms with van der Waals surface area (Å²) in [6.45, 7) is 0. The molecular weight excluding hydrogens is 277 g/mol. The molecule has 0 atom stereocenters. The maximum atomic E-state index is 8.59. The van der Waals surface area contributed by atoms with E-state index >= 15 is 0 Å². The van der Waals surface area contributed by atoms with Crippen molar-refractivity contribution < 1.29 is 0 Å². The summed E-state index contributed by atoms with van der Waals surface area (Å²) in [5.41, 5.74) is 0.295. The lowest BCUT2D eigenvalue weighted by Crippen LogP contribution is -1.86. The summed E-state index contributed by atoms with van der Waals surface area (Å²) in [5, 5.41) is 10.3. The fraction of sp³-hybridized carbons (Fsp3) is 0. The number of hydrogen-bond acceptors (Lipinski definition) is 4. The Morgan fingerprint density at radius 1 is 1.12 bits per heavy atom. The molecule has 84 valence electrons. The fourth-order valence-electron chi connectivity index (χ4n) is 1.09. The topological polar surface area (TPSA) is 49.6 Å². The molecule has 0 saturated heterocycles. The van der Waals surface area contributed by atoms with Crippen LogP contribution in [0.5, 0.6) is 0 Å². The zero-order valence-corrected chi connectivity index (χ0v) is 10.7. The van der Waals surface area contributed by atoms with Crippen LogP contribution in [-0.4, -0.2) is 9.97 Å². The van der Waals surface area contributed by atoms with Crippen LogP contribution in [-0.2, 0) is 0 Å². The highest BCUT2D eigenvalue weighted by Gasteiger charge is 2.03. The summed E-state index contributed by atoms with van der Waals surface area (Å²) >= 11 is 13.1. The molecule has 0 bridgehead atoms. The monoisotopic (exact) mass is 281 g/mol. The van der Waals surface area contributed by atoms with Crippen LogP contribution in [0.1, 0.15) is 5.69 Å². The van der Waals surface area contributed by atoms with Gasteiger partial charge in [-0.25, -0.2) is 9.97 Å².